The normalized spacial score (nSPS) is 14.5. The Morgan fingerprint density at radius 1 is 1.20 bits per heavy atom. The van der Waals surface area contributed by atoms with Crippen LogP contribution in [0.25, 0.3) is 0 Å². The summed E-state index contributed by atoms with van der Waals surface area (Å²) >= 11 is 0. The van der Waals surface area contributed by atoms with Gasteiger partial charge in [0, 0.05) is 12.6 Å². The molecule has 4 nitrogen and oxygen atoms in total. The fourth-order valence-corrected chi connectivity index (χ4v) is 3.02. The van der Waals surface area contributed by atoms with E-state index in [1.165, 1.54) is 0 Å². The van der Waals surface area contributed by atoms with E-state index in [4.69, 9.17) is 0 Å². The first kappa shape index (κ1) is 14.9. The third-order valence-electron chi connectivity index (χ3n) is 2.74. The van der Waals surface area contributed by atoms with E-state index in [2.05, 4.69) is 23.9 Å². The Balaban J connectivity index is 4.19. The summed E-state index contributed by atoms with van der Waals surface area (Å²) in [5.74, 6) is 0.572. The van der Waals surface area contributed by atoms with Crippen LogP contribution in [0.15, 0.2) is 0 Å². The van der Waals surface area contributed by atoms with Crippen LogP contribution >= 0.6 is 0 Å². The van der Waals surface area contributed by atoms with Gasteiger partial charge in [0.25, 0.3) is 0 Å². The zero-order valence-electron chi connectivity index (χ0n) is 10.2. The van der Waals surface area contributed by atoms with Gasteiger partial charge in [0.15, 0.2) is 0 Å². The average Bonchev–Trinajstić information content (AvgIpc) is 2.16. The van der Waals surface area contributed by atoms with Gasteiger partial charge in [-0.15, -0.1) is 0 Å². The molecule has 1 unspecified atom stereocenters. The van der Waals surface area contributed by atoms with Crippen molar-refractivity contribution in [1.82, 2.24) is 10.0 Å². The van der Waals surface area contributed by atoms with Gasteiger partial charge in [0.2, 0.25) is 10.0 Å². The van der Waals surface area contributed by atoms with Gasteiger partial charge in [-0.1, -0.05) is 26.7 Å². The Bertz CT molecular complexity index is 248. The Hall–Kier alpha value is -0.130. The van der Waals surface area contributed by atoms with E-state index in [1.54, 1.807) is 7.05 Å². The van der Waals surface area contributed by atoms with Crippen molar-refractivity contribution in [3.8, 4) is 0 Å². The predicted octanol–water partition coefficient (Wildman–Crippen LogP) is 0.950. The molecule has 0 aromatic rings. The highest BCUT2D eigenvalue weighted by Gasteiger charge is 2.19. The molecule has 5 heteroatoms. The molecule has 92 valence electrons. The van der Waals surface area contributed by atoms with Crippen LogP contribution in [0.5, 0.6) is 0 Å². The maximum absolute atomic E-state index is 11.6. The van der Waals surface area contributed by atoms with Gasteiger partial charge in [0.1, 0.15) is 0 Å². The van der Waals surface area contributed by atoms with Crippen LogP contribution in [-0.2, 0) is 10.0 Å². The molecule has 0 aromatic heterocycles. The molecular formula is C10H24N2O2S. The molecule has 0 saturated carbocycles. The van der Waals surface area contributed by atoms with E-state index in [0.717, 1.165) is 12.8 Å². The molecule has 15 heavy (non-hydrogen) atoms. The summed E-state index contributed by atoms with van der Waals surface area (Å²) in [5, 5.41) is 2.84. The lowest BCUT2D eigenvalue weighted by molar-refractivity contribution is 0.390. The number of hydrogen-bond acceptors (Lipinski definition) is 3. The van der Waals surface area contributed by atoms with E-state index in [-0.39, 0.29) is 11.8 Å². The van der Waals surface area contributed by atoms with Gasteiger partial charge in [-0.2, -0.15) is 0 Å². The molecule has 0 rings (SSSR count). The fraction of sp³-hybridized carbons (Fsp3) is 1.00. The standard InChI is InChI=1S/C10H24N2O2S/c1-5-10(6-2)9(3)12-15(13,14)8-7-11-4/h9-12H,5-8H2,1-4H3. The molecule has 0 aliphatic heterocycles. The molecule has 0 spiro atoms. The lowest BCUT2D eigenvalue weighted by Gasteiger charge is -2.22. The highest BCUT2D eigenvalue weighted by molar-refractivity contribution is 7.89. The van der Waals surface area contributed by atoms with Crippen LogP contribution in [0.1, 0.15) is 33.6 Å². The Morgan fingerprint density at radius 3 is 2.13 bits per heavy atom. The second-order valence-electron chi connectivity index (χ2n) is 3.91. The van der Waals surface area contributed by atoms with Crippen molar-refractivity contribution in [3.63, 3.8) is 0 Å². The van der Waals surface area contributed by atoms with Crippen LogP contribution in [0.4, 0.5) is 0 Å². The Morgan fingerprint density at radius 2 is 1.73 bits per heavy atom. The third-order valence-corrected chi connectivity index (χ3v) is 4.21. The summed E-state index contributed by atoms with van der Waals surface area (Å²) in [6, 6.07) is 0.0295. The van der Waals surface area contributed by atoms with Gasteiger partial charge in [-0.05, 0) is 19.9 Å². The molecule has 1 atom stereocenters. The highest BCUT2D eigenvalue weighted by atomic mass is 32.2. The van der Waals surface area contributed by atoms with E-state index >= 15 is 0 Å². The maximum Gasteiger partial charge on any atom is 0.213 e. The monoisotopic (exact) mass is 236 g/mol. The molecule has 0 saturated heterocycles. The molecule has 0 aliphatic rings. The van der Waals surface area contributed by atoms with Gasteiger partial charge < -0.3 is 5.32 Å². The molecule has 0 bridgehead atoms. The number of nitrogens with one attached hydrogen (secondary N) is 2. The van der Waals surface area contributed by atoms with Gasteiger partial charge in [0.05, 0.1) is 5.75 Å². The van der Waals surface area contributed by atoms with Gasteiger partial charge in [-0.3, -0.25) is 0 Å². The van der Waals surface area contributed by atoms with Crippen molar-refractivity contribution in [2.45, 2.75) is 39.7 Å². The SMILES string of the molecule is CCC(CC)C(C)NS(=O)(=O)CCNC. The van der Waals surface area contributed by atoms with Crippen LogP contribution in [0.3, 0.4) is 0 Å². The minimum absolute atomic E-state index is 0.0295. The molecule has 0 aromatic carbocycles. The minimum Gasteiger partial charge on any atom is -0.319 e. The lowest BCUT2D eigenvalue weighted by atomic mass is 9.96. The zero-order valence-corrected chi connectivity index (χ0v) is 11.0. The van der Waals surface area contributed by atoms with Crippen molar-refractivity contribution in [2.24, 2.45) is 5.92 Å². The summed E-state index contributed by atoms with van der Waals surface area (Å²) in [7, 11) is -1.37. The first-order chi connectivity index (χ1) is 6.96. The van der Waals surface area contributed by atoms with E-state index in [9.17, 15) is 8.42 Å². The first-order valence-electron chi connectivity index (χ1n) is 5.61. The summed E-state index contributed by atoms with van der Waals surface area (Å²) in [6.07, 6.45) is 2.01. The van der Waals surface area contributed by atoms with Crippen molar-refractivity contribution >= 4 is 10.0 Å². The Labute approximate surface area is 93.9 Å². The average molecular weight is 236 g/mol. The van der Waals surface area contributed by atoms with Crippen LogP contribution < -0.4 is 10.0 Å². The third kappa shape index (κ3) is 6.12. The molecule has 0 fully saturated rings. The van der Waals surface area contributed by atoms with E-state index in [1.807, 2.05) is 6.92 Å². The largest absolute Gasteiger partial charge is 0.319 e. The minimum atomic E-state index is -3.12. The summed E-state index contributed by atoms with van der Waals surface area (Å²) in [5.41, 5.74) is 0. The molecule has 0 radical (unpaired) electrons. The zero-order chi connectivity index (χ0) is 11.9. The second kappa shape index (κ2) is 7.19. The van der Waals surface area contributed by atoms with Crippen molar-refractivity contribution in [3.05, 3.63) is 0 Å². The topological polar surface area (TPSA) is 58.2 Å². The number of rotatable bonds is 8. The lowest BCUT2D eigenvalue weighted by Crippen LogP contribution is -2.40. The number of sulfonamides is 1. The van der Waals surface area contributed by atoms with Crippen LogP contribution in [0, 0.1) is 5.92 Å². The van der Waals surface area contributed by atoms with Gasteiger partial charge in [-0.25, -0.2) is 13.1 Å². The molecule has 0 aliphatic carbocycles. The quantitative estimate of drug-likeness (QED) is 0.660. The Kier molecular flexibility index (Phi) is 7.13. The molecule has 0 amide bonds. The van der Waals surface area contributed by atoms with Gasteiger partial charge >= 0.3 is 0 Å². The highest BCUT2D eigenvalue weighted by Crippen LogP contribution is 2.13. The second-order valence-corrected chi connectivity index (χ2v) is 5.78. The van der Waals surface area contributed by atoms with Crippen molar-refractivity contribution < 1.29 is 8.42 Å². The molecule has 2 N–H and O–H groups in total. The smallest absolute Gasteiger partial charge is 0.213 e. The molecular weight excluding hydrogens is 212 g/mol. The number of hydrogen-bond donors (Lipinski definition) is 2. The predicted molar refractivity (Wildman–Crippen MR) is 64.4 cm³/mol. The molecule has 0 heterocycles. The summed E-state index contributed by atoms with van der Waals surface area (Å²) in [6.45, 7) is 6.61. The van der Waals surface area contributed by atoms with Crippen molar-refractivity contribution in [1.29, 1.82) is 0 Å². The summed E-state index contributed by atoms with van der Waals surface area (Å²) in [4.78, 5) is 0. The summed E-state index contributed by atoms with van der Waals surface area (Å²) < 4.78 is 25.9. The fourth-order valence-electron chi connectivity index (χ4n) is 1.67. The van der Waals surface area contributed by atoms with Crippen LogP contribution in [-0.4, -0.2) is 33.8 Å². The van der Waals surface area contributed by atoms with E-state index < -0.39 is 10.0 Å². The van der Waals surface area contributed by atoms with E-state index in [0.29, 0.717) is 12.5 Å². The van der Waals surface area contributed by atoms with Crippen LogP contribution in [0.2, 0.25) is 0 Å². The first-order valence-corrected chi connectivity index (χ1v) is 7.26. The van der Waals surface area contributed by atoms with Crippen molar-refractivity contribution in [2.75, 3.05) is 19.3 Å². The maximum atomic E-state index is 11.6.